The molecule has 0 radical (unpaired) electrons. The number of nitrogens with one attached hydrogen (secondary N) is 1. The molecule has 2 rings (SSSR count). The Morgan fingerprint density at radius 2 is 2.19 bits per heavy atom. The number of nitrogens with zero attached hydrogens (tertiary/aromatic N) is 3. The largest absolute Gasteiger partial charge is 0.383 e. The van der Waals surface area contributed by atoms with E-state index < -0.39 is 0 Å². The Kier molecular flexibility index (Phi) is 5.41. The molecule has 0 spiro atoms. The molecule has 1 atom stereocenters. The predicted molar refractivity (Wildman–Crippen MR) is 80.0 cm³/mol. The molecule has 6 nitrogen and oxygen atoms in total. The van der Waals surface area contributed by atoms with Crippen molar-refractivity contribution in [1.82, 2.24) is 20.4 Å². The quantitative estimate of drug-likeness (QED) is 0.840. The minimum absolute atomic E-state index is 0.167. The van der Waals surface area contributed by atoms with Crippen LogP contribution in [0.3, 0.4) is 0 Å². The highest BCUT2D eigenvalue weighted by Crippen LogP contribution is 2.18. The van der Waals surface area contributed by atoms with E-state index in [9.17, 15) is 0 Å². The average molecular weight is 290 g/mol. The van der Waals surface area contributed by atoms with Crippen LogP contribution in [0.1, 0.15) is 23.9 Å². The van der Waals surface area contributed by atoms with Gasteiger partial charge in [-0.05, 0) is 31.5 Å². The topological polar surface area (TPSA) is 73.1 Å². The molecule has 2 aromatic heterocycles. The van der Waals surface area contributed by atoms with Crippen molar-refractivity contribution in [3.63, 3.8) is 0 Å². The van der Waals surface area contributed by atoms with E-state index in [1.165, 1.54) is 0 Å². The lowest BCUT2D eigenvalue weighted by Gasteiger charge is -2.14. The van der Waals surface area contributed by atoms with Crippen LogP contribution in [0.2, 0.25) is 0 Å². The summed E-state index contributed by atoms with van der Waals surface area (Å²) in [4.78, 5) is 8.83. The Labute approximate surface area is 124 Å². The van der Waals surface area contributed by atoms with Gasteiger partial charge in [0.15, 0.2) is 0 Å². The maximum atomic E-state index is 5.33. The maximum absolute atomic E-state index is 5.33. The van der Waals surface area contributed by atoms with E-state index in [4.69, 9.17) is 9.26 Å². The summed E-state index contributed by atoms with van der Waals surface area (Å²) in [6.07, 6.45) is 2.45. The molecule has 0 aliphatic rings. The van der Waals surface area contributed by atoms with Gasteiger partial charge in [0.2, 0.25) is 11.7 Å². The minimum atomic E-state index is 0.167. The molecular formula is C15H22N4O2. The second-order valence-electron chi connectivity index (χ2n) is 5.10. The Morgan fingerprint density at radius 1 is 1.38 bits per heavy atom. The summed E-state index contributed by atoms with van der Waals surface area (Å²) < 4.78 is 10.5. The summed E-state index contributed by atoms with van der Waals surface area (Å²) in [6.45, 7) is 7.54. The fourth-order valence-electron chi connectivity index (χ4n) is 2.27. The van der Waals surface area contributed by atoms with Gasteiger partial charge in [0.05, 0.1) is 6.61 Å². The second-order valence-corrected chi connectivity index (χ2v) is 5.10. The molecule has 1 unspecified atom stereocenters. The van der Waals surface area contributed by atoms with Crippen LogP contribution in [-0.2, 0) is 11.2 Å². The van der Waals surface area contributed by atoms with Gasteiger partial charge < -0.3 is 14.6 Å². The first kappa shape index (κ1) is 15.6. The van der Waals surface area contributed by atoms with Gasteiger partial charge in [0.25, 0.3) is 0 Å². The number of aromatic nitrogens is 3. The first-order valence-electron chi connectivity index (χ1n) is 7.12. The summed E-state index contributed by atoms with van der Waals surface area (Å²) in [7, 11) is 1.68. The van der Waals surface area contributed by atoms with Crippen molar-refractivity contribution in [3.05, 3.63) is 29.3 Å². The summed E-state index contributed by atoms with van der Waals surface area (Å²) in [5.74, 6) is 1.13. The van der Waals surface area contributed by atoms with Crippen molar-refractivity contribution in [2.24, 2.45) is 0 Å². The van der Waals surface area contributed by atoms with E-state index in [1.807, 2.05) is 20.0 Å². The summed E-state index contributed by atoms with van der Waals surface area (Å²) >= 11 is 0. The number of ether oxygens (including phenoxy) is 1. The molecule has 0 saturated heterocycles. The molecule has 2 heterocycles. The first-order valence-corrected chi connectivity index (χ1v) is 7.12. The fourth-order valence-corrected chi connectivity index (χ4v) is 2.27. The summed E-state index contributed by atoms with van der Waals surface area (Å²) in [5, 5.41) is 7.36. The number of hydrogen-bond donors (Lipinski definition) is 1. The van der Waals surface area contributed by atoms with Gasteiger partial charge in [0.1, 0.15) is 5.69 Å². The molecule has 0 bridgehead atoms. The molecule has 0 fully saturated rings. The molecule has 114 valence electrons. The van der Waals surface area contributed by atoms with E-state index >= 15 is 0 Å². The minimum Gasteiger partial charge on any atom is -0.383 e. The Bertz CT molecular complexity index is 577. The lowest BCUT2D eigenvalue weighted by Crippen LogP contribution is -2.35. The van der Waals surface area contributed by atoms with Crippen LogP contribution in [0, 0.1) is 13.8 Å². The summed E-state index contributed by atoms with van der Waals surface area (Å²) in [5.41, 5.74) is 2.93. The highest BCUT2D eigenvalue weighted by molar-refractivity contribution is 5.53. The zero-order valence-electron chi connectivity index (χ0n) is 13.0. The van der Waals surface area contributed by atoms with E-state index in [0.717, 1.165) is 23.4 Å². The lowest BCUT2D eigenvalue weighted by atomic mass is 10.1. The third kappa shape index (κ3) is 4.09. The highest BCUT2D eigenvalue weighted by atomic mass is 16.5. The van der Waals surface area contributed by atoms with Gasteiger partial charge in [-0.1, -0.05) is 18.1 Å². The average Bonchev–Trinajstić information content (AvgIpc) is 2.87. The molecule has 1 N–H and O–H groups in total. The Morgan fingerprint density at radius 3 is 2.86 bits per heavy atom. The fraction of sp³-hybridized carbons (Fsp3) is 0.533. The van der Waals surface area contributed by atoms with Crippen molar-refractivity contribution >= 4 is 0 Å². The van der Waals surface area contributed by atoms with Crippen LogP contribution in [0.15, 0.2) is 16.8 Å². The lowest BCUT2D eigenvalue weighted by molar-refractivity contribution is 0.162. The van der Waals surface area contributed by atoms with Gasteiger partial charge in [-0.15, -0.1) is 0 Å². The number of methoxy groups -OCH3 is 1. The van der Waals surface area contributed by atoms with Crippen LogP contribution in [0.4, 0.5) is 0 Å². The molecule has 0 aliphatic carbocycles. The first-order chi connectivity index (χ1) is 10.1. The molecule has 0 amide bonds. The molecule has 21 heavy (non-hydrogen) atoms. The Hall–Kier alpha value is -1.79. The number of likely N-dealkylation sites (N-methyl/N-ethyl adjacent to an activating group) is 1. The van der Waals surface area contributed by atoms with Crippen molar-refractivity contribution in [3.8, 4) is 11.5 Å². The smallest absolute Gasteiger partial charge is 0.228 e. The zero-order valence-corrected chi connectivity index (χ0v) is 13.0. The Balaban J connectivity index is 2.13. The number of aryl methyl sites for hydroxylation is 2. The SMILES string of the molecule is CCNC(COC)Cc1nc(-c2ncc(C)cc2C)no1. The molecule has 0 aliphatic heterocycles. The molecule has 0 aromatic carbocycles. The van der Waals surface area contributed by atoms with Gasteiger partial charge in [-0.25, -0.2) is 0 Å². The van der Waals surface area contributed by atoms with Gasteiger partial charge in [-0.3, -0.25) is 4.98 Å². The van der Waals surface area contributed by atoms with E-state index in [-0.39, 0.29) is 6.04 Å². The van der Waals surface area contributed by atoms with Crippen LogP contribution in [0.25, 0.3) is 11.5 Å². The molecule has 6 heteroatoms. The van der Waals surface area contributed by atoms with Gasteiger partial charge in [-0.2, -0.15) is 4.98 Å². The van der Waals surface area contributed by atoms with E-state index in [0.29, 0.717) is 24.7 Å². The predicted octanol–water partition coefficient (Wildman–Crippen LogP) is 1.92. The van der Waals surface area contributed by atoms with Crippen LogP contribution in [-0.4, -0.2) is 41.4 Å². The van der Waals surface area contributed by atoms with Gasteiger partial charge >= 0.3 is 0 Å². The maximum Gasteiger partial charge on any atom is 0.228 e. The van der Waals surface area contributed by atoms with Crippen molar-refractivity contribution in [2.45, 2.75) is 33.2 Å². The van der Waals surface area contributed by atoms with Crippen LogP contribution < -0.4 is 5.32 Å². The van der Waals surface area contributed by atoms with Crippen molar-refractivity contribution in [2.75, 3.05) is 20.3 Å². The van der Waals surface area contributed by atoms with E-state index in [2.05, 4.69) is 33.4 Å². The number of pyridine rings is 1. The van der Waals surface area contributed by atoms with Crippen molar-refractivity contribution in [1.29, 1.82) is 0 Å². The summed E-state index contributed by atoms with van der Waals surface area (Å²) in [6, 6.07) is 2.23. The third-order valence-electron chi connectivity index (χ3n) is 3.18. The third-order valence-corrected chi connectivity index (χ3v) is 3.18. The number of hydrogen-bond acceptors (Lipinski definition) is 6. The highest BCUT2D eigenvalue weighted by Gasteiger charge is 2.16. The molecule has 0 saturated carbocycles. The van der Waals surface area contributed by atoms with E-state index in [1.54, 1.807) is 7.11 Å². The molecular weight excluding hydrogens is 268 g/mol. The van der Waals surface area contributed by atoms with Crippen LogP contribution in [0.5, 0.6) is 0 Å². The zero-order chi connectivity index (χ0) is 15.2. The second kappa shape index (κ2) is 7.28. The standard InChI is InChI=1S/C15H22N4O2/c1-5-16-12(9-20-4)7-13-18-15(19-21-13)14-11(3)6-10(2)8-17-14/h6,8,12,16H,5,7,9H2,1-4H3. The monoisotopic (exact) mass is 290 g/mol. The normalized spacial score (nSPS) is 12.6. The van der Waals surface area contributed by atoms with Gasteiger partial charge in [0, 0.05) is 25.8 Å². The van der Waals surface area contributed by atoms with Crippen molar-refractivity contribution < 1.29 is 9.26 Å². The number of rotatable bonds is 7. The molecule has 2 aromatic rings. The van der Waals surface area contributed by atoms with Crippen LogP contribution >= 0.6 is 0 Å².